The number of pyridine rings is 1. The Morgan fingerprint density at radius 2 is 1.74 bits per heavy atom. The third kappa shape index (κ3) is 5.11. The van der Waals surface area contributed by atoms with E-state index in [9.17, 15) is 4.79 Å². The van der Waals surface area contributed by atoms with Gasteiger partial charge in [0, 0.05) is 27.8 Å². The quantitative estimate of drug-likeness (QED) is 0.215. The minimum Gasteiger partial charge on any atom is -0.497 e. The second kappa shape index (κ2) is 10.2. The minimum atomic E-state index is -0.469. The van der Waals surface area contributed by atoms with Gasteiger partial charge in [0.25, 0.3) is 0 Å². The lowest BCUT2D eigenvalue weighted by atomic mass is 10.0. The van der Waals surface area contributed by atoms with Gasteiger partial charge in [0.05, 0.1) is 29.8 Å². The number of rotatable bonds is 7. The number of hydrogen-bond donors (Lipinski definition) is 0. The molecular formula is C26H28N4O3S2. The Balaban J connectivity index is 1.94. The second-order valence-electron chi connectivity index (χ2n) is 8.38. The van der Waals surface area contributed by atoms with Crippen molar-refractivity contribution in [3.63, 3.8) is 0 Å². The van der Waals surface area contributed by atoms with Crippen molar-refractivity contribution in [3.05, 3.63) is 59.2 Å². The Bertz CT molecular complexity index is 1370. The molecule has 0 N–H and O–H groups in total. The van der Waals surface area contributed by atoms with Gasteiger partial charge in [0.15, 0.2) is 5.69 Å². The summed E-state index contributed by atoms with van der Waals surface area (Å²) in [5, 5.41) is 5.71. The summed E-state index contributed by atoms with van der Waals surface area (Å²) in [6.45, 7) is 10.0. The van der Waals surface area contributed by atoms with E-state index in [2.05, 4.69) is 18.8 Å². The number of benzene rings is 1. The van der Waals surface area contributed by atoms with Crippen LogP contribution in [0.5, 0.6) is 5.75 Å². The number of nitrogens with zero attached hydrogens (tertiary/aromatic N) is 4. The van der Waals surface area contributed by atoms with Crippen molar-refractivity contribution in [3.8, 4) is 33.3 Å². The van der Waals surface area contributed by atoms with Gasteiger partial charge in [-0.1, -0.05) is 37.3 Å². The smallest absolute Gasteiger partial charge is 0.357 e. The normalized spacial score (nSPS) is 11.2. The summed E-state index contributed by atoms with van der Waals surface area (Å²) in [6, 6.07) is 11.7. The minimum absolute atomic E-state index is 0.349. The van der Waals surface area contributed by atoms with E-state index in [1.807, 2.05) is 57.2 Å². The van der Waals surface area contributed by atoms with E-state index < -0.39 is 5.97 Å². The molecule has 182 valence electrons. The van der Waals surface area contributed by atoms with E-state index in [-0.39, 0.29) is 0 Å². The predicted octanol–water partition coefficient (Wildman–Crippen LogP) is 6.28. The summed E-state index contributed by atoms with van der Waals surface area (Å²) in [5.74, 6) is 0.289. The first-order chi connectivity index (χ1) is 16.7. The Morgan fingerprint density at radius 1 is 1.03 bits per heavy atom. The van der Waals surface area contributed by atoms with E-state index in [1.165, 1.54) is 18.4 Å². The Labute approximate surface area is 213 Å². The zero-order valence-electron chi connectivity index (χ0n) is 20.9. The van der Waals surface area contributed by atoms with Crippen LogP contribution in [0, 0.1) is 20.8 Å². The van der Waals surface area contributed by atoms with Crippen LogP contribution in [0.3, 0.4) is 0 Å². The van der Waals surface area contributed by atoms with Crippen LogP contribution in [0.1, 0.15) is 41.4 Å². The molecule has 0 aliphatic heterocycles. The molecule has 35 heavy (non-hydrogen) atoms. The fourth-order valence-electron chi connectivity index (χ4n) is 3.91. The molecule has 0 atom stereocenters. The van der Waals surface area contributed by atoms with Crippen LogP contribution in [0.25, 0.3) is 27.5 Å². The maximum Gasteiger partial charge on any atom is 0.357 e. The monoisotopic (exact) mass is 508 g/mol. The molecule has 4 rings (SSSR count). The molecular weight excluding hydrogens is 480 g/mol. The molecule has 0 aliphatic rings. The van der Waals surface area contributed by atoms with Crippen molar-refractivity contribution in [2.75, 3.05) is 14.2 Å². The fourth-order valence-corrected chi connectivity index (χ4v) is 6.39. The summed E-state index contributed by atoms with van der Waals surface area (Å²) in [4.78, 5) is 22.5. The first-order valence-corrected chi connectivity index (χ1v) is 12.9. The van der Waals surface area contributed by atoms with Crippen LogP contribution in [0.2, 0.25) is 0 Å². The largest absolute Gasteiger partial charge is 0.497 e. The average molecular weight is 509 g/mol. The maximum atomic E-state index is 13.1. The number of esters is 1. The number of aromatic nitrogens is 4. The second-order valence-corrected chi connectivity index (χ2v) is 11.2. The van der Waals surface area contributed by atoms with Crippen molar-refractivity contribution in [1.29, 1.82) is 0 Å². The molecule has 0 saturated heterocycles. The molecule has 0 fully saturated rings. The average Bonchev–Trinajstić information content (AvgIpc) is 3.38. The van der Waals surface area contributed by atoms with Gasteiger partial charge in [-0.2, -0.15) is 9.78 Å². The van der Waals surface area contributed by atoms with Crippen LogP contribution < -0.4 is 4.74 Å². The van der Waals surface area contributed by atoms with Gasteiger partial charge in [0.2, 0.25) is 5.13 Å². The van der Waals surface area contributed by atoms with Gasteiger partial charge >= 0.3 is 5.97 Å². The van der Waals surface area contributed by atoms with Crippen molar-refractivity contribution in [2.45, 2.75) is 44.1 Å². The van der Waals surface area contributed by atoms with E-state index in [4.69, 9.17) is 19.6 Å². The summed E-state index contributed by atoms with van der Waals surface area (Å²) >= 11 is 3.24. The van der Waals surface area contributed by atoms with Crippen LogP contribution >= 0.6 is 23.1 Å². The van der Waals surface area contributed by atoms with Crippen molar-refractivity contribution in [1.82, 2.24) is 19.7 Å². The Kier molecular flexibility index (Phi) is 7.28. The Hall–Kier alpha value is -3.17. The number of carbonyl (C=O) groups excluding carboxylic acids is 1. The van der Waals surface area contributed by atoms with Crippen LogP contribution in [0.15, 0.2) is 40.6 Å². The first kappa shape index (κ1) is 24.9. The van der Waals surface area contributed by atoms with Crippen LogP contribution in [0.4, 0.5) is 0 Å². The molecule has 3 heterocycles. The van der Waals surface area contributed by atoms with E-state index in [0.717, 1.165) is 43.7 Å². The standard InChI is InChI=1S/C26H28N4O3S2/c1-14(2)34-25-22(18-9-8-10-20(13-18)32-6)28-26(35-25)30-23(24(31)33-7)21(17(5)29-30)19-11-15(3)27-16(4)12-19/h8-14H,1-7H3. The summed E-state index contributed by atoms with van der Waals surface area (Å²) in [7, 11) is 3.03. The molecule has 7 nitrogen and oxygen atoms in total. The summed E-state index contributed by atoms with van der Waals surface area (Å²) in [5.41, 5.74) is 6.18. The predicted molar refractivity (Wildman–Crippen MR) is 141 cm³/mol. The number of hydrogen-bond acceptors (Lipinski definition) is 8. The third-order valence-corrected chi connectivity index (χ3v) is 7.50. The van der Waals surface area contributed by atoms with Gasteiger partial charge in [-0.05, 0) is 50.6 Å². The number of aryl methyl sites for hydroxylation is 3. The maximum absolute atomic E-state index is 13.1. The van der Waals surface area contributed by atoms with Crippen LogP contribution in [-0.4, -0.2) is 45.2 Å². The third-order valence-electron chi connectivity index (χ3n) is 5.26. The number of thioether (sulfide) groups is 1. The highest BCUT2D eigenvalue weighted by molar-refractivity contribution is 8.01. The number of ether oxygens (including phenoxy) is 2. The molecule has 4 aromatic rings. The zero-order valence-corrected chi connectivity index (χ0v) is 22.5. The molecule has 0 bridgehead atoms. The first-order valence-electron chi connectivity index (χ1n) is 11.2. The molecule has 1 aromatic carbocycles. The fraction of sp³-hybridized carbons (Fsp3) is 0.308. The molecule has 0 saturated carbocycles. The Morgan fingerprint density at radius 3 is 2.37 bits per heavy atom. The SMILES string of the molecule is COC(=O)c1c(-c2cc(C)nc(C)c2)c(C)nn1-c1nc(-c2cccc(OC)c2)c(SC(C)C)s1. The van der Waals surface area contributed by atoms with Crippen molar-refractivity contribution < 1.29 is 14.3 Å². The molecule has 0 unspecified atom stereocenters. The lowest BCUT2D eigenvalue weighted by Gasteiger charge is -2.08. The number of methoxy groups -OCH3 is 2. The number of carbonyl (C=O) groups is 1. The molecule has 0 radical (unpaired) electrons. The van der Waals surface area contributed by atoms with Gasteiger partial charge < -0.3 is 9.47 Å². The van der Waals surface area contributed by atoms with Gasteiger partial charge in [-0.3, -0.25) is 4.98 Å². The van der Waals surface area contributed by atoms with Gasteiger partial charge in [-0.25, -0.2) is 9.78 Å². The highest BCUT2D eigenvalue weighted by Gasteiger charge is 2.28. The molecule has 3 aromatic heterocycles. The topological polar surface area (TPSA) is 79.1 Å². The lowest BCUT2D eigenvalue weighted by Crippen LogP contribution is -2.11. The van der Waals surface area contributed by atoms with Gasteiger partial charge in [-0.15, -0.1) is 11.8 Å². The van der Waals surface area contributed by atoms with Crippen molar-refractivity contribution in [2.24, 2.45) is 0 Å². The zero-order chi connectivity index (χ0) is 25.3. The molecule has 0 amide bonds. The highest BCUT2D eigenvalue weighted by atomic mass is 32.2. The summed E-state index contributed by atoms with van der Waals surface area (Å²) < 4.78 is 13.3. The van der Waals surface area contributed by atoms with E-state index >= 15 is 0 Å². The van der Waals surface area contributed by atoms with E-state index in [1.54, 1.807) is 23.6 Å². The molecule has 0 spiro atoms. The van der Waals surface area contributed by atoms with Crippen molar-refractivity contribution >= 4 is 29.1 Å². The number of thiazole rings is 1. The highest BCUT2D eigenvalue weighted by Crippen LogP contribution is 2.41. The summed E-state index contributed by atoms with van der Waals surface area (Å²) in [6.07, 6.45) is 0. The van der Waals surface area contributed by atoms with E-state index in [0.29, 0.717) is 21.8 Å². The molecule has 0 aliphatic carbocycles. The van der Waals surface area contributed by atoms with Crippen LogP contribution in [-0.2, 0) is 4.74 Å². The van der Waals surface area contributed by atoms with Gasteiger partial charge in [0.1, 0.15) is 5.75 Å². The lowest BCUT2D eigenvalue weighted by molar-refractivity contribution is 0.0591. The molecule has 9 heteroatoms.